The van der Waals surface area contributed by atoms with Crippen molar-refractivity contribution in [2.75, 3.05) is 11.5 Å². The van der Waals surface area contributed by atoms with Crippen LogP contribution in [0.4, 0.5) is 4.39 Å². The lowest BCUT2D eigenvalue weighted by Crippen LogP contribution is -2.38. The number of benzene rings is 1. The van der Waals surface area contributed by atoms with Crippen molar-refractivity contribution in [1.29, 1.82) is 0 Å². The molecule has 0 heterocycles. The van der Waals surface area contributed by atoms with Crippen LogP contribution in [0.2, 0.25) is 0 Å². The van der Waals surface area contributed by atoms with Gasteiger partial charge in [-0.2, -0.15) is 0 Å². The van der Waals surface area contributed by atoms with Gasteiger partial charge in [0.1, 0.15) is 5.82 Å². The molecule has 100 valence electrons. The fourth-order valence-electron chi connectivity index (χ4n) is 1.49. The van der Waals surface area contributed by atoms with Gasteiger partial charge >= 0.3 is 0 Å². The average Bonchev–Trinajstić information content (AvgIpc) is 2.28. The van der Waals surface area contributed by atoms with Gasteiger partial charge in [0.25, 0.3) is 5.91 Å². The lowest BCUT2D eigenvalue weighted by molar-refractivity contribution is 0.0939. The number of carbonyl (C=O) groups excluding carboxylic acids is 1. The highest BCUT2D eigenvalue weighted by molar-refractivity contribution is 7.91. The molecule has 0 spiro atoms. The first-order valence-corrected chi connectivity index (χ1v) is 7.43. The molecule has 0 fully saturated rings. The number of hydrogen-bond donors (Lipinski definition) is 1. The molecule has 1 atom stereocenters. The molecular weight excluding hydrogens is 257 g/mol. The third-order valence-corrected chi connectivity index (χ3v) is 4.33. The monoisotopic (exact) mass is 273 g/mol. The zero-order chi connectivity index (χ0) is 13.8. The first-order chi connectivity index (χ1) is 8.35. The summed E-state index contributed by atoms with van der Waals surface area (Å²) in [7, 11) is -3.17. The Kier molecular flexibility index (Phi) is 4.84. The molecule has 1 unspecified atom stereocenters. The SMILES string of the molecule is CCS(=O)(=O)CC(C)NC(=O)c1ccccc1F. The first-order valence-electron chi connectivity index (χ1n) is 5.61. The van der Waals surface area contributed by atoms with Crippen LogP contribution < -0.4 is 5.32 Å². The number of nitrogens with one attached hydrogen (secondary N) is 1. The Balaban J connectivity index is 2.69. The smallest absolute Gasteiger partial charge is 0.254 e. The van der Waals surface area contributed by atoms with Gasteiger partial charge in [0.05, 0.1) is 11.3 Å². The topological polar surface area (TPSA) is 63.2 Å². The van der Waals surface area contributed by atoms with E-state index in [1.165, 1.54) is 18.2 Å². The highest BCUT2D eigenvalue weighted by atomic mass is 32.2. The summed E-state index contributed by atoms with van der Waals surface area (Å²) >= 11 is 0. The largest absolute Gasteiger partial charge is 0.348 e. The Hall–Kier alpha value is -1.43. The van der Waals surface area contributed by atoms with Gasteiger partial charge in [0.15, 0.2) is 9.84 Å². The standard InChI is InChI=1S/C12H16FNO3S/c1-3-18(16,17)8-9(2)14-12(15)10-6-4-5-7-11(10)13/h4-7,9H,3,8H2,1-2H3,(H,14,15). The highest BCUT2D eigenvalue weighted by Gasteiger charge is 2.17. The van der Waals surface area contributed by atoms with Gasteiger partial charge in [0.2, 0.25) is 0 Å². The molecule has 0 aliphatic rings. The lowest BCUT2D eigenvalue weighted by Gasteiger charge is -2.13. The molecule has 0 aromatic heterocycles. The first kappa shape index (κ1) is 14.6. The van der Waals surface area contributed by atoms with E-state index in [1.54, 1.807) is 19.9 Å². The summed E-state index contributed by atoms with van der Waals surface area (Å²) in [5.41, 5.74) is -0.0850. The molecule has 0 radical (unpaired) electrons. The van der Waals surface area contributed by atoms with Gasteiger partial charge in [-0.25, -0.2) is 12.8 Å². The van der Waals surface area contributed by atoms with E-state index in [1.807, 2.05) is 0 Å². The number of amides is 1. The Bertz CT molecular complexity index is 528. The van der Waals surface area contributed by atoms with Crippen molar-refractivity contribution in [3.05, 3.63) is 35.6 Å². The second kappa shape index (κ2) is 5.95. The molecule has 0 bridgehead atoms. The fraction of sp³-hybridized carbons (Fsp3) is 0.417. The van der Waals surface area contributed by atoms with E-state index >= 15 is 0 Å². The third kappa shape index (κ3) is 4.10. The van der Waals surface area contributed by atoms with Crippen LogP contribution in [-0.2, 0) is 9.84 Å². The number of sulfone groups is 1. The van der Waals surface area contributed by atoms with E-state index in [4.69, 9.17) is 0 Å². The second-order valence-electron chi connectivity index (χ2n) is 4.05. The summed E-state index contributed by atoms with van der Waals surface area (Å²) in [5.74, 6) is -1.36. The van der Waals surface area contributed by atoms with Crippen LogP contribution in [0.5, 0.6) is 0 Å². The Labute approximate surface area is 106 Å². The predicted molar refractivity (Wildman–Crippen MR) is 67.7 cm³/mol. The van der Waals surface area contributed by atoms with Crippen LogP contribution >= 0.6 is 0 Å². The van der Waals surface area contributed by atoms with Gasteiger partial charge in [-0.3, -0.25) is 4.79 Å². The van der Waals surface area contributed by atoms with E-state index in [2.05, 4.69) is 5.32 Å². The van der Waals surface area contributed by atoms with Crippen molar-refractivity contribution in [1.82, 2.24) is 5.32 Å². The summed E-state index contributed by atoms with van der Waals surface area (Å²) in [4.78, 5) is 11.7. The van der Waals surface area contributed by atoms with Crippen LogP contribution in [0.25, 0.3) is 0 Å². The molecule has 0 aliphatic heterocycles. The zero-order valence-electron chi connectivity index (χ0n) is 10.3. The Morgan fingerprint density at radius 2 is 2.00 bits per heavy atom. The minimum absolute atomic E-state index is 0.0207. The zero-order valence-corrected chi connectivity index (χ0v) is 11.1. The molecule has 1 aromatic carbocycles. The molecule has 1 rings (SSSR count). The van der Waals surface area contributed by atoms with Crippen LogP contribution in [-0.4, -0.2) is 31.9 Å². The Morgan fingerprint density at radius 3 is 2.56 bits per heavy atom. The molecule has 4 nitrogen and oxygen atoms in total. The van der Waals surface area contributed by atoms with E-state index in [0.717, 1.165) is 0 Å². The number of halogens is 1. The summed E-state index contributed by atoms with van der Waals surface area (Å²) in [6.45, 7) is 3.12. The van der Waals surface area contributed by atoms with Crippen molar-refractivity contribution < 1.29 is 17.6 Å². The molecule has 0 saturated heterocycles. The van der Waals surface area contributed by atoms with E-state index < -0.39 is 27.6 Å². The maximum Gasteiger partial charge on any atom is 0.254 e. The quantitative estimate of drug-likeness (QED) is 0.881. The maximum atomic E-state index is 13.3. The van der Waals surface area contributed by atoms with Gasteiger partial charge in [-0.05, 0) is 19.1 Å². The summed E-state index contributed by atoms with van der Waals surface area (Å²) in [5, 5.41) is 2.47. The van der Waals surface area contributed by atoms with E-state index in [0.29, 0.717) is 0 Å². The molecule has 18 heavy (non-hydrogen) atoms. The molecule has 0 aliphatic carbocycles. The van der Waals surface area contributed by atoms with Crippen LogP contribution in [0.1, 0.15) is 24.2 Å². The van der Waals surface area contributed by atoms with E-state index in [-0.39, 0.29) is 17.1 Å². The molecule has 1 amide bonds. The second-order valence-corrected chi connectivity index (χ2v) is 6.45. The average molecular weight is 273 g/mol. The number of hydrogen-bond acceptors (Lipinski definition) is 3. The summed E-state index contributed by atoms with van der Waals surface area (Å²) < 4.78 is 36.1. The van der Waals surface area contributed by atoms with Gasteiger partial charge in [-0.15, -0.1) is 0 Å². The van der Waals surface area contributed by atoms with Gasteiger partial charge in [0, 0.05) is 11.8 Å². The molecule has 1 aromatic rings. The number of carbonyl (C=O) groups is 1. The molecule has 1 N–H and O–H groups in total. The Morgan fingerprint density at radius 1 is 1.39 bits per heavy atom. The number of rotatable bonds is 5. The maximum absolute atomic E-state index is 13.3. The minimum atomic E-state index is -3.17. The van der Waals surface area contributed by atoms with Crippen molar-refractivity contribution >= 4 is 15.7 Å². The van der Waals surface area contributed by atoms with Crippen LogP contribution in [0.15, 0.2) is 24.3 Å². The molecule has 6 heteroatoms. The third-order valence-electron chi connectivity index (χ3n) is 2.44. The van der Waals surface area contributed by atoms with E-state index in [9.17, 15) is 17.6 Å². The van der Waals surface area contributed by atoms with Gasteiger partial charge < -0.3 is 5.32 Å². The van der Waals surface area contributed by atoms with Crippen molar-refractivity contribution in [3.8, 4) is 0 Å². The summed E-state index contributed by atoms with van der Waals surface area (Å²) in [6.07, 6.45) is 0. The summed E-state index contributed by atoms with van der Waals surface area (Å²) in [6, 6.07) is 5.01. The predicted octanol–water partition coefficient (Wildman–Crippen LogP) is 1.38. The highest BCUT2D eigenvalue weighted by Crippen LogP contribution is 2.06. The minimum Gasteiger partial charge on any atom is -0.348 e. The van der Waals surface area contributed by atoms with Crippen molar-refractivity contribution in [2.45, 2.75) is 19.9 Å². The lowest BCUT2D eigenvalue weighted by atomic mass is 10.2. The molecular formula is C12H16FNO3S. The molecule has 0 saturated carbocycles. The normalized spacial score (nSPS) is 13.1. The van der Waals surface area contributed by atoms with Crippen molar-refractivity contribution in [2.24, 2.45) is 0 Å². The van der Waals surface area contributed by atoms with Crippen molar-refractivity contribution in [3.63, 3.8) is 0 Å². The van der Waals surface area contributed by atoms with Crippen LogP contribution in [0.3, 0.4) is 0 Å². The fourth-order valence-corrected chi connectivity index (χ4v) is 2.57. The van der Waals surface area contributed by atoms with Crippen LogP contribution in [0, 0.1) is 5.82 Å². The van der Waals surface area contributed by atoms with Gasteiger partial charge in [-0.1, -0.05) is 19.1 Å².